The summed E-state index contributed by atoms with van der Waals surface area (Å²) < 4.78 is 11.8. The number of ether oxygens (including phenoxy) is 2. The number of aromatic hydroxyl groups is 1. The molecule has 2 bridgehead atoms. The molecule has 0 aromatic heterocycles. The fourth-order valence-electron chi connectivity index (χ4n) is 7.79. The second-order valence-electron chi connectivity index (χ2n) is 11.1. The molecule has 2 N–H and O–H groups in total. The van der Waals surface area contributed by atoms with E-state index in [1.54, 1.807) is 13.2 Å². The van der Waals surface area contributed by atoms with Crippen LogP contribution in [0, 0.1) is 0 Å². The van der Waals surface area contributed by atoms with Crippen molar-refractivity contribution in [2.45, 2.75) is 67.7 Å². The van der Waals surface area contributed by atoms with Crippen molar-refractivity contribution in [3.05, 3.63) is 65.7 Å². The van der Waals surface area contributed by atoms with Crippen LogP contribution in [0.4, 0.5) is 0 Å². The number of carbonyl (C=O) groups excluding carboxylic acids is 1. The highest BCUT2D eigenvalue weighted by molar-refractivity contribution is 5.77. The van der Waals surface area contributed by atoms with Crippen molar-refractivity contribution in [1.82, 2.24) is 9.80 Å². The number of amides is 1. The summed E-state index contributed by atoms with van der Waals surface area (Å²) in [5.41, 5.74) is 1.55. The van der Waals surface area contributed by atoms with E-state index < -0.39 is 17.1 Å². The van der Waals surface area contributed by atoms with E-state index in [2.05, 4.69) is 11.5 Å². The van der Waals surface area contributed by atoms with Gasteiger partial charge in [0.05, 0.1) is 24.2 Å². The van der Waals surface area contributed by atoms with Crippen molar-refractivity contribution in [1.29, 1.82) is 0 Å². The molecule has 1 saturated carbocycles. The van der Waals surface area contributed by atoms with Gasteiger partial charge in [0, 0.05) is 31.6 Å². The highest BCUT2D eigenvalue weighted by atomic mass is 16.5. The average Bonchev–Trinajstić information content (AvgIpc) is 3.26. The predicted octanol–water partition coefficient (Wildman–Crippen LogP) is 3.20. The number of piperidine rings is 1. The predicted molar refractivity (Wildman–Crippen MR) is 140 cm³/mol. The number of likely N-dealkylation sites (N-methyl/N-ethyl adjacent to an activating group) is 1. The van der Waals surface area contributed by atoms with Gasteiger partial charge in [-0.3, -0.25) is 9.69 Å². The summed E-state index contributed by atoms with van der Waals surface area (Å²) in [4.78, 5) is 17.6. The van der Waals surface area contributed by atoms with E-state index in [1.165, 1.54) is 0 Å². The van der Waals surface area contributed by atoms with Crippen molar-refractivity contribution in [3.63, 3.8) is 0 Å². The average molecular weight is 505 g/mol. The number of aryl methyl sites for hydroxylation is 1. The molecule has 5 atom stereocenters. The first-order valence-electron chi connectivity index (χ1n) is 13.3. The molecule has 2 aliphatic heterocycles. The Bertz CT molecular complexity index is 1230. The minimum Gasteiger partial charge on any atom is -0.504 e. The van der Waals surface area contributed by atoms with E-state index >= 15 is 0 Å². The first kappa shape index (κ1) is 24.3. The van der Waals surface area contributed by atoms with E-state index in [0.29, 0.717) is 44.3 Å². The molecular formula is C30H36N2O5. The van der Waals surface area contributed by atoms with Gasteiger partial charge in [0.15, 0.2) is 11.5 Å². The quantitative estimate of drug-likeness (QED) is 0.564. The van der Waals surface area contributed by atoms with E-state index in [-0.39, 0.29) is 23.7 Å². The number of benzene rings is 2. The Labute approximate surface area is 218 Å². The molecular weight excluding hydrogens is 468 g/mol. The molecule has 2 heterocycles. The molecule has 2 unspecified atom stereocenters. The van der Waals surface area contributed by atoms with Crippen LogP contribution < -0.4 is 9.47 Å². The van der Waals surface area contributed by atoms with Crippen LogP contribution in [0.5, 0.6) is 17.2 Å². The number of carbonyl (C=O) groups is 1. The van der Waals surface area contributed by atoms with Crippen molar-refractivity contribution >= 4 is 5.91 Å². The Kier molecular flexibility index (Phi) is 5.77. The second-order valence-corrected chi connectivity index (χ2v) is 11.1. The Hall–Kier alpha value is -3.03. The number of phenolic OH excluding ortho intramolecular Hbond substituents is 1. The van der Waals surface area contributed by atoms with E-state index in [0.717, 1.165) is 35.5 Å². The number of nitrogens with zero attached hydrogens (tertiary/aromatic N) is 2. The van der Waals surface area contributed by atoms with E-state index in [9.17, 15) is 15.0 Å². The summed E-state index contributed by atoms with van der Waals surface area (Å²) in [6.45, 7) is 5.48. The van der Waals surface area contributed by atoms with Crippen LogP contribution in [-0.2, 0) is 23.1 Å². The SMILES string of the molecule is C=CCN1CC[C@]23c4c5ccc(O)c4OC2C(N(C)C(=O)CCc2ccc(OC)cc2)CC[C@@]3(O)[C@H]1C5. The Balaban J connectivity index is 1.31. The smallest absolute Gasteiger partial charge is 0.223 e. The van der Waals surface area contributed by atoms with Gasteiger partial charge in [-0.05, 0) is 68.0 Å². The number of rotatable bonds is 7. The zero-order valence-electron chi connectivity index (χ0n) is 21.7. The third-order valence-electron chi connectivity index (χ3n) is 9.58. The highest BCUT2D eigenvalue weighted by Crippen LogP contribution is 2.65. The van der Waals surface area contributed by atoms with Gasteiger partial charge in [0.1, 0.15) is 11.9 Å². The van der Waals surface area contributed by atoms with Gasteiger partial charge in [0.25, 0.3) is 0 Å². The van der Waals surface area contributed by atoms with Crippen molar-refractivity contribution in [2.75, 3.05) is 27.2 Å². The lowest BCUT2D eigenvalue weighted by Crippen LogP contribution is -2.78. The van der Waals surface area contributed by atoms with Crippen LogP contribution in [0.25, 0.3) is 0 Å². The zero-order valence-corrected chi connectivity index (χ0v) is 21.7. The van der Waals surface area contributed by atoms with Gasteiger partial charge < -0.3 is 24.6 Å². The molecule has 4 aliphatic rings. The standard InChI is InChI=1S/C30H36N2O5/c1-4-16-32-17-15-29-26-20-8-11-23(33)27(26)37-28(29)22(13-14-30(29,35)24(32)18-20)31(2)25(34)12-7-19-5-9-21(36-3)10-6-19/h4-6,8-11,22,24,28,33,35H,1,7,12-18H2,2-3H3/t22?,24-,28?,29+,30-/m1/s1. The van der Waals surface area contributed by atoms with Crippen LogP contribution in [0.2, 0.25) is 0 Å². The molecule has 2 fully saturated rings. The summed E-state index contributed by atoms with van der Waals surface area (Å²) in [6, 6.07) is 11.3. The van der Waals surface area contributed by atoms with E-state index in [4.69, 9.17) is 9.47 Å². The van der Waals surface area contributed by atoms with Crippen LogP contribution in [-0.4, -0.2) is 77.0 Å². The first-order valence-corrected chi connectivity index (χ1v) is 13.3. The molecule has 2 aliphatic carbocycles. The van der Waals surface area contributed by atoms with Crippen LogP contribution >= 0.6 is 0 Å². The van der Waals surface area contributed by atoms with Gasteiger partial charge in [-0.1, -0.05) is 24.3 Å². The summed E-state index contributed by atoms with van der Waals surface area (Å²) in [6.07, 6.45) is 5.20. The molecule has 1 amide bonds. The van der Waals surface area contributed by atoms with Gasteiger partial charge >= 0.3 is 0 Å². The molecule has 2 aromatic carbocycles. The zero-order chi connectivity index (χ0) is 25.9. The topological polar surface area (TPSA) is 82.5 Å². The normalized spacial score (nSPS) is 31.3. The number of likely N-dealkylation sites (tertiary alicyclic amines) is 1. The largest absolute Gasteiger partial charge is 0.504 e. The molecule has 196 valence electrons. The minimum atomic E-state index is -0.992. The van der Waals surface area contributed by atoms with Gasteiger partial charge in [-0.25, -0.2) is 0 Å². The number of hydrogen-bond acceptors (Lipinski definition) is 6. The third kappa shape index (κ3) is 3.36. The van der Waals surface area contributed by atoms with E-state index in [1.807, 2.05) is 48.4 Å². The maximum atomic E-state index is 13.4. The molecule has 7 heteroatoms. The molecule has 2 aromatic rings. The summed E-state index contributed by atoms with van der Waals surface area (Å²) >= 11 is 0. The fourth-order valence-corrected chi connectivity index (χ4v) is 7.79. The van der Waals surface area contributed by atoms with Crippen LogP contribution in [0.3, 0.4) is 0 Å². The molecule has 1 saturated heterocycles. The lowest BCUT2D eigenvalue weighted by atomic mass is 9.48. The monoisotopic (exact) mass is 504 g/mol. The summed E-state index contributed by atoms with van der Waals surface area (Å²) in [7, 11) is 3.50. The number of phenols is 1. The Morgan fingerprint density at radius 2 is 2.05 bits per heavy atom. The van der Waals surface area contributed by atoms with Crippen molar-refractivity contribution in [2.24, 2.45) is 0 Å². The van der Waals surface area contributed by atoms with Gasteiger partial charge in [-0.2, -0.15) is 0 Å². The molecule has 0 radical (unpaired) electrons. The first-order chi connectivity index (χ1) is 17.8. The number of aliphatic hydroxyl groups is 1. The van der Waals surface area contributed by atoms with Crippen molar-refractivity contribution in [3.8, 4) is 17.2 Å². The fraction of sp³-hybridized carbons (Fsp3) is 0.500. The van der Waals surface area contributed by atoms with Crippen LogP contribution in [0.15, 0.2) is 49.1 Å². The molecule has 7 nitrogen and oxygen atoms in total. The molecule has 6 rings (SSSR count). The number of methoxy groups -OCH3 is 1. The Morgan fingerprint density at radius 3 is 2.78 bits per heavy atom. The highest BCUT2D eigenvalue weighted by Gasteiger charge is 2.73. The number of hydrogen-bond donors (Lipinski definition) is 2. The maximum Gasteiger partial charge on any atom is 0.223 e. The van der Waals surface area contributed by atoms with Crippen LogP contribution in [0.1, 0.15) is 42.4 Å². The van der Waals surface area contributed by atoms with Gasteiger partial charge in [0.2, 0.25) is 5.91 Å². The lowest BCUT2D eigenvalue weighted by molar-refractivity contribution is -0.198. The Morgan fingerprint density at radius 1 is 1.27 bits per heavy atom. The molecule has 1 spiro atoms. The second kappa shape index (κ2) is 8.77. The third-order valence-corrected chi connectivity index (χ3v) is 9.58. The summed E-state index contributed by atoms with van der Waals surface area (Å²) in [5, 5.41) is 23.3. The minimum absolute atomic E-state index is 0.0506. The summed E-state index contributed by atoms with van der Waals surface area (Å²) in [5.74, 6) is 1.47. The maximum absolute atomic E-state index is 13.4. The molecule has 37 heavy (non-hydrogen) atoms. The van der Waals surface area contributed by atoms with Gasteiger partial charge in [-0.15, -0.1) is 6.58 Å². The van der Waals surface area contributed by atoms with Crippen molar-refractivity contribution < 1.29 is 24.5 Å². The lowest BCUT2D eigenvalue weighted by Gasteiger charge is -2.64.